The predicted molar refractivity (Wildman–Crippen MR) is 91.1 cm³/mol. The van der Waals surface area contributed by atoms with Gasteiger partial charge in [-0.15, -0.1) is 0 Å². The Hall–Kier alpha value is -0.850. The fourth-order valence-corrected chi connectivity index (χ4v) is 4.30. The number of imidazole rings is 1. The van der Waals surface area contributed by atoms with Crippen LogP contribution in [0.1, 0.15) is 65.0 Å². The number of nitrogens with zero attached hydrogens (tertiary/aromatic N) is 2. The van der Waals surface area contributed by atoms with E-state index < -0.39 is 24.9 Å². The number of aromatic nitrogens is 2. The fraction of sp³-hybridized carbons (Fsp3) is 0.812. The van der Waals surface area contributed by atoms with Gasteiger partial charge in [-0.2, -0.15) is 13.2 Å². The molecule has 0 bridgehead atoms. The Bertz CT molecular complexity index is 551. The van der Waals surface area contributed by atoms with Crippen molar-refractivity contribution in [2.45, 2.75) is 72.0 Å². The number of rotatable bonds is 12. The van der Waals surface area contributed by atoms with Gasteiger partial charge in [0.15, 0.2) is 11.1 Å². The van der Waals surface area contributed by atoms with Crippen molar-refractivity contribution in [2.24, 2.45) is 0 Å². The Labute approximate surface area is 147 Å². The molecule has 0 saturated carbocycles. The van der Waals surface area contributed by atoms with Gasteiger partial charge in [0.1, 0.15) is 0 Å². The second-order valence-electron chi connectivity index (χ2n) is 5.71. The van der Waals surface area contributed by atoms with E-state index in [1.54, 1.807) is 13.8 Å². The summed E-state index contributed by atoms with van der Waals surface area (Å²) in [5, 5.41) is 0. The summed E-state index contributed by atoms with van der Waals surface area (Å²) in [6, 6.07) is 0. The van der Waals surface area contributed by atoms with Crippen LogP contribution in [0.25, 0.3) is 0 Å². The average molecular weight is 384 g/mol. The van der Waals surface area contributed by atoms with E-state index in [0.29, 0.717) is 6.42 Å². The van der Waals surface area contributed by atoms with E-state index in [2.05, 4.69) is 11.9 Å². The lowest BCUT2D eigenvalue weighted by Gasteiger charge is -2.18. The standard InChI is InChI=1S/C16H28F3N2O3P/c1-4-7-8-9-10-11-12-21-13-20-15(14(21)16(17,18)19)25(22,23-5-2)24-6-3/h13H,4-12H2,1-3H3. The van der Waals surface area contributed by atoms with E-state index in [1.165, 1.54) is 0 Å². The highest BCUT2D eigenvalue weighted by Gasteiger charge is 2.45. The molecule has 0 N–H and O–H groups in total. The number of alkyl halides is 3. The van der Waals surface area contributed by atoms with Gasteiger partial charge in [-0.1, -0.05) is 39.0 Å². The molecule has 0 aromatic carbocycles. The molecule has 0 amide bonds. The summed E-state index contributed by atoms with van der Waals surface area (Å²) in [4.78, 5) is 3.75. The molecule has 1 rings (SSSR count). The third-order valence-corrected chi connectivity index (χ3v) is 5.74. The van der Waals surface area contributed by atoms with Gasteiger partial charge < -0.3 is 13.6 Å². The fourth-order valence-electron chi connectivity index (χ4n) is 2.59. The van der Waals surface area contributed by atoms with Crippen LogP contribution in [-0.2, 0) is 26.3 Å². The molecule has 25 heavy (non-hydrogen) atoms. The minimum Gasteiger partial charge on any atom is -0.326 e. The van der Waals surface area contributed by atoms with Crippen molar-refractivity contribution in [1.82, 2.24) is 9.55 Å². The SMILES string of the molecule is CCCCCCCCn1cnc(P(=O)(OCC)OCC)c1C(F)(F)F. The molecule has 1 aromatic rings. The van der Waals surface area contributed by atoms with Crippen LogP contribution in [0.5, 0.6) is 0 Å². The first-order valence-electron chi connectivity index (χ1n) is 8.82. The molecule has 0 atom stereocenters. The zero-order chi connectivity index (χ0) is 18.9. The van der Waals surface area contributed by atoms with Gasteiger partial charge >= 0.3 is 13.8 Å². The maximum absolute atomic E-state index is 13.5. The normalized spacial score (nSPS) is 12.7. The third kappa shape index (κ3) is 6.42. The average Bonchev–Trinajstić information content (AvgIpc) is 2.96. The first-order valence-corrected chi connectivity index (χ1v) is 10.4. The highest BCUT2D eigenvalue weighted by atomic mass is 31.2. The molecule has 1 aromatic heterocycles. The Morgan fingerprint density at radius 1 is 1.04 bits per heavy atom. The van der Waals surface area contributed by atoms with Crippen LogP contribution in [0.3, 0.4) is 0 Å². The van der Waals surface area contributed by atoms with Crippen molar-refractivity contribution >= 4 is 13.0 Å². The second kappa shape index (κ2) is 10.3. The van der Waals surface area contributed by atoms with Crippen LogP contribution in [-0.4, -0.2) is 22.8 Å². The molecule has 0 aliphatic heterocycles. The van der Waals surface area contributed by atoms with Gasteiger partial charge in [-0.05, 0) is 20.3 Å². The summed E-state index contributed by atoms with van der Waals surface area (Å²) < 4.78 is 64.4. The first-order chi connectivity index (χ1) is 11.8. The molecule has 146 valence electrons. The topological polar surface area (TPSA) is 53.4 Å². The highest BCUT2D eigenvalue weighted by molar-refractivity contribution is 7.62. The lowest BCUT2D eigenvalue weighted by atomic mass is 10.1. The van der Waals surface area contributed by atoms with E-state index >= 15 is 0 Å². The Balaban J connectivity index is 2.97. The third-order valence-electron chi connectivity index (χ3n) is 3.70. The minimum absolute atomic E-state index is 0.0289. The first kappa shape index (κ1) is 22.2. The molecule has 0 spiro atoms. The zero-order valence-corrected chi connectivity index (χ0v) is 16.0. The van der Waals surface area contributed by atoms with Gasteiger partial charge in [0.05, 0.1) is 19.5 Å². The van der Waals surface area contributed by atoms with E-state index in [9.17, 15) is 17.7 Å². The number of aryl methyl sites for hydroxylation is 1. The second-order valence-corrected chi connectivity index (χ2v) is 7.64. The summed E-state index contributed by atoms with van der Waals surface area (Å²) in [6.45, 7) is 5.32. The molecule has 0 aliphatic rings. The van der Waals surface area contributed by atoms with Crippen LogP contribution in [0.4, 0.5) is 13.2 Å². The Morgan fingerprint density at radius 2 is 1.60 bits per heavy atom. The molecule has 1 heterocycles. The molecule has 0 fully saturated rings. The predicted octanol–water partition coefficient (Wildman–Crippen LogP) is 5.15. The Kier molecular flexibility index (Phi) is 9.17. The maximum Gasteiger partial charge on any atom is 0.433 e. The van der Waals surface area contributed by atoms with Crippen molar-refractivity contribution in [3.05, 3.63) is 12.0 Å². The summed E-state index contributed by atoms with van der Waals surface area (Å²) in [6.07, 6.45) is 2.18. The zero-order valence-electron chi connectivity index (χ0n) is 15.1. The van der Waals surface area contributed by atoms with Crippen LogP contribution >= 0.6 is 7.60 Å². The molecule has 0 aliphatic carbocycles. The highest BCUT2D eigenvalue weighted by Crippen LogP contribution is 2.49. The minimum atomic E-state index is -4.68. The van der Waals surface area contributed by atoms with Gasteiger partial charge in [0.25, 0.3) is 0 Å². The van der Waals surface area contributed by atoms with Crippen molar-refractivity contribution in [3.8, 4) is 0 Å². The molecular formula is C16H28F3N2O3P. The summed E-state index contributed by atoms with van der Waals surface area (Å²) in [5.41, 5.74) is -1.68. The number of halogens is 3. The molecule has 9 heteroatoms. The van der Waals surface area contributed by atoms with E-state index in [0.717, 1.165) is 43.0 Å². The quantitative estimate of drug-likeness (QED) is 0.369. The molecule has 5 nitrogen and oxygen atoms in total. The van der Waals surface area contributed by atoms with Crippen LogP contribution < -0.4 is 5.44 Å². The maximum atomic E-state index is 13.5. The lowest BCUT2D eigenvalue weighted by molar-refractivity contribution is -0.142. The molecular weight excluding hydrogens is 356 g/mol. The number of hydrogen-bond acceptors (Lipinski definition) is 4. The van der Waals surface area contributed by atoms with Crippen LogP contribution in [0, 0.1) is 0 Å². The molecule has 0 radical (unpaired) electrons. The van der Waals surface area contributed by atoms with Crippen molar-refractivity contribution in [3.63, 3.8) is 0 Å². The molecule has 0 unspecified atom stereocenters. The summed E-state index contributed by atoms with van der Waals surface area (Å²) in [5.74, 6) is 0. The van der Waals surface area contributed by atoms with E-state index in [-0.39, 0.29) is 19.8 Å². The number of unbranched alkanes of at least 4 members (excludes halogenated alkanes) is 5. The largest absolute Gasteiger partial charge is 0.433 e. The smallest absolute Gasteiger partial charge is 0.326 e. The summed E-state index contributed by atoms with van der Waals surface area (Å²) >= 11 is 0. The monoisotopic (exact) mass is 384 g/mol. The van der Waals surface area contributed by atoms with Crippen molar-refractivity contribution in [1.29, 1.82) is 0 Å². The summed E-state index contributed by atoms with van der Waals surface area (Å²) in [7, 11) is -4.09. The van der Waals surface area contributed by atoms with E-state index in [1.807, 2.05) is 0 Å². The van der Waals surface area contributed by atoms with Gasteiger partial charge in [-0.3, -0.25) is 4.57 Å². The Morgan fingerprint density at radius 3 is 2.12 bits per heavy atom. The van der Waals surface area contributed by atoms with E-state index in [4.69, 9.17) is 9.05 Å². The lowest BCUT2D eigenvalue weighted by Crippen LogP contribution is -2.25. The van der Waals surface area contributed by atoms with Gasteiger partial charge in [0.2, 0.25) is 0 Å². The van der Waals surface area contributed by atoms with Crippen LogP contribution in [0.15, 0.2) is 6.33 Å². The van der Waals surface area contributed by atoms with Crippen LogP contribution in [0.2, 0.25) is 0 Å². The molecule has 0 saturated heterocycles. The van der Waals surface area contributed by atoms with Gasteiger partial charge in [-0.25, -0.2) is 4.98 Å². The van der Waals surface area contributed by atoms with Crippen molar-refractivity contribution < 1.29 is 26.8 Å². The van der Waals surface area contributed by atoms with Crippen molar-refractivity contribution in [2.75, 3.05) is 13.2 Å². The van der Waals surface area contributed by atoms with Gasteiger partial charge in [0, 0.05) is 6.54 Å². The number of hydrogen-bond donors (Lipinski definition) is 0.